The van der Waals surface area contributed by atoms with Crippen LogP contribution in [0, 0.1) is 11.3 Å². The Labute approximate surface area is 151 Å². The van der Waals surface area contributed by atoms with E-state index in [0.29, 0.717) is 5.56 Å². The number of methoxy groups -OCH3 is 2. The molecule has 1 heterocycles. The van der Waals surface area contributed by atoms with Crippen LogP contribution in [-0.4, -0.2) is 18.8 Å². The van der Waals surface area contributed by atoms with Crippen molar-refractivity contribution in [3.05, 3.63) is 67.6 Å². The second-order valence-corrected chi connectivity index (χ2v) is 4.72. The van der Waals surface area contributed by atoms with E-state index in [2.05, 4.69) is 24.0 Å². The molecule has 1 unspecified atom stereocenters. The zero-order valence-electron chi connectivity index (χ0n) is 15.8. The zero-order valence-corrected chi connectivity index (χ0v) is 15.8. The molecule has 2 rings (SSSR count). The molecule has 1 aromatic heterocycles. The number of nitriles is 1. The third-order valence-electron chi connectivity index (χ3n) is 3.29. The van der Waals surface area contributed by atoms with Crippen LogP contribution in [0.4, 0.5) is 0 Å². The molecular weight excluding hydrogens is 312 g/mol. The molecule has 0 fully saturated rings. The summed E-state index contributed by atoms with van der Waals surface area (Å²) in [5.41, 5.74) is 1.67. The summed E-state index contributed by atoms with van der Waals surface area (Å²) in [4.78, 5) is 0. The maximum absolute atomic E-state index is 9.11. The van der Waals surface area contributed by atoms with Gasteiger partial charge in [0.15, 0.2) is 0 Å². The largest absolute Gasteiger partial charge is 0.504 e. The lowest BCUT2D eigenvalue weighted by molar-refractivity contribution is 0.338. The Morgan fingerprint density at radius 3 is 2.36 bits per heavy atom. The second kappa shape index (κ2) is 12.5. The van der Waals surface area contributed by atoms with Crippen molar-refractivity contribution in [3.63, 3.8) is 0 Å². The van der Waals surface area contributed by atoms with Crippen LogP contribution in [0.3, 0.4) is 0 Å². The molecule has 0 aliphatic heterocycles. The molecule has 0 spiro atoms. The summed E-state index contributed by atoms with van der Waals surface area (Å²) in [5, 5.41) is 10.1. The Morgan fingerprint density at radius 1 is 1.24 bits per heavy atom. The number of ether oxygens (including phenoxy) is 2. The van der Waals surface area contributed by atoms with Crippen molar-refractivity contribution >= 4 is 10.9 Å². The molecule has 4 heteroatoms. The van der Waals surface area contributed by atoms with Crippen LogP contribution in [0.5, 0.6) is 5.75 Å². The number of fused-ring (bicyclic) bond motifs is 1. The monoisotopic (exact) mass is 340 g/mol. The third kappa shape index (κ3) is 6.23. The Morgan fingerprint density at radius 2 is 1.92 bits per heavy atom. The fourth-order valence-electron chi connectivity index (χ4n) is 2.03. The van der Waals surface area contributed by atoms with Gasteiger partial charge in [-0.25, -0.2) is 0 Å². The van der Waals surface area contributed by atoms with Gasteiger partial charge in [-0.3, -0.25) is 0 Å². The highest BCUT2D eigenvalue weighted by atomic mass is 16.5. The van der Waals surface area contributed by atoms with E-state index in [-0.39, 0.29) is 6.04 Å². The van der Waals surface area contributed by atoms with E-state index >= 15 is 0 Å². The quantitative estimate of drug-likeness (QED) is 0.403. The molecule has 0 radical (unpaired) electrons. The molecule has 25 heavy (non-hydrogen) atoms. The van der Waals surface area contributed by atoms with Crippen LogP contribution < -0.4 is 4.74 Å². The van der Waals surface area contributed by atoms with Gasteiger partial charge in [-0.1, -0.05) is 32.6 Å². The first-order chi connectivity index (χ1) is 12.1. The first-order valence-corrected chi connectivity index (χ1v) is 8.14. The number of benzene rings is 1. The van der Waals surface area contributed by atoms with Gasteiger partial charge in [-0.2, -0.15) is 5.26 Å². The summed E-state index contributed by atoms with van der Waals surface area (Å²) >= 11 is 0. The molecule has 4 nitrogen and oxygen atoms in total. The number of nitrogens with zero attached hydrogens (tertiary/aromatic N) is 2. The Balaban J connectivity index is 0.000000614. The van der Waals surface area contributed by atoms with Crippen LogP contribution in [-0.2, 0) is 4.74 Å². The molecule has 1 aromatic carbocycles. The van der Waals surface area contributed by atoms with Gasteiger partial charge in [0, 0.05) is 23.7 Å². The molecule has 1 atom stereocenters. The second-order valence-electron chi connectivity index (χ2n) is 4.72. The summed E-state index contributed by atoms with van der Waals surface area (Å²) in [7, 11) is 3.23. The highest BCUT2D eigenvalue weighted by Crippen LogP contribution is 2.28. The minimum Gasteiger partial charge on any atom is -0.504 e. The van der Waals surface area contributed by atoms with E-state index in [1.807, 2.05) is 55.8 Å². The number of hydrogen-bond acceptors (Lipinski definition) is 3. The van der Waals surface area contributed by atoms with Gasteiger partial charge in [0.2, 0.25) is 0 Å². The van der Waals surface area contributed by atoms with E-state index in [9.17, 15) is 0 Å². The maximum atomic E-state index is 9.11. The fourth-order valence-corrected chi connectivity index (χ4v) is 2.03. The van der Waals surface area contributed by atoms with E-state index in [1.54, 1.807) is 32.6 Å². The fraction of sp³-hybridized carbons (Fsp3) is 0.286. The normalized spacial score (nSPS) is 10.6. The van der Waals surface area contributed by atoms with E-state index in [4.69, 9.17) is 10.00 Å². The van der Waals surface area contributed by atoms with Gasteiger partial charge in [0.1, 0.15) is 11.8 Å². The lowest BCUT2D eigenvalue weighted by Crippen LogP contribution is -1.99. The smallest absolute Gasteiger partial charge is 0.120 e. The number of rotatable bonds is 5. The Bertz CT molecular complexity index is 736. The van der Waals surface area contributed by atoms with Gasteiger partial charge in [0.05, 0.1) is 31.6 Å². The van der Waals surface area contributed by atoms with Crippen molar-refractivity contribution in [3.8, 4) is 11.8 Å². The van der Waals surface area contributed by atoms with Crippen LogP contribution in [0.25, 0.3) is 10.9 Å². The van der Waals surface area contributed by atoms with E-state index in [0.717, 1.165) is 16.7 Å². The van der Waals surface area contributed by atoms with Crippen LogP contribution in [0.2, 0.25) is 0 Å². The van der Waals surface area contributed by atoms with Crippen LogP contribution in [0.1, 0.15) is 32.4 Å². The van der Waals surface area contributed by atoms with E-state index in [1.165, 1.54) is 0 Å². The summed E-state index contributed by atoms with van der Waals surface area (Å²) in [6.45, 7) is 13.3. The molecule has 0 aliphatic rings. The molecule has 134 valence electrons. The summed E-state index contributed by atoms with van der Waals surface area (Å²) in [6, 6.07) is 8.08. The molecular formula is C21H28N2O2. The van der Waals surface area contributed by atoms with Gasteiger partial charge in [-0.15, -0.1) is 6.58 Å². The minimum absolute atomic E-state index is 0.145. The Kier molecular flexibility index (Phi) is 11.0. The average molecular weight is 340 g/mol. The first kappa shape index (κ1) is 22.1. The predicted octanol–water partition coefficient (Wildman–Crippen LogP) is 5.63. The van der Waals surface area contributed by atoms with Gasteiger partial charge in [-0.05, 0) is 25.1 Å². The highest BCUT2D eigenvalue weighted by Gasteiger charge is 2.11. The van der Waals surface area contributed by atoms with Gasteiger partial charge < -0.3 is 14.0 Å². The van der Waals surface area contributed by atoms with Gasteiger partial charge >= 0.3 is 0 Å². The standard InChI is InChI=1S/C14H14N2O.C5H8O.C2H6/c1-4-10(2)16-9-11(8-15)13-6-5-12(17-3)7-14(13)16;1-3-4-5-6-2;1-2/h4-7,9-10H,1H2,2-3H3;3-5H,1H2,2H3;1-2H3/b;5-4+;. The molecule has 2 aromatic rings. The highest BCUT2D eigenvalue weighted by molar-refractivity contribution is 5.87. The lowest BCUT2D eigenvalue weighted by Gasteiger charge is -2.10. The average Bonchev–Trinajstić information content (AvgIpc) is 3.05. The first-order valence-electron chi connectivity index (χ1n) is 8.14. The van der Waals surface area contributed by atoms with Crippen molar-refractivity contribution in [2.24, 2.45) is 0 Å². The molecule has 0 bridgehead atoms. The van der Waals surface area contributed by atoms with Crippen LogP contribution in [0.15, 0.2) is 62.0 Å². The lowest BCUT2D eigenvalue weighted by atomic mass is 10.2. The number of allylic oxidation sites excluding steroid dienone is 3. The molecule has 0 N–H and O–H groups in total. The van der Waals surface area contributed by atoms with Crippen molar-refractivity contribution in [2.75, 3.05) is 14.2 Å². The predicted molar refractivity (Wildman–Crippen MR) is 106 cm³/mol. The van der Waals surface area contributed by atoms with Crippen molar-refractivity contribution in [1.29, 1.82) is 5.26 Å². The maximum Gasteiger partial charge on any atom is 0.120 e. The number of aromatic nitrogens is 1. The minimum atomic E-state index is 0.145. The topological polar surface area (TPSA) is 47.2 Å². The molecule has 0 aliphatic carbocycles. The van der Waals surface area contributed by atoms with Crippen molar-refractivity contribution in [2.45, 2.75) is 26.8 Å². The van der Waals surface area contributed by atoms with E-state index < -0.39 is 0 Å². The number of hydrogen-bond donors (Lipinski definition) is 0. The molecule has 0 amide bonds. The third-order valence-corrected chi connectivity index (χ3v) is 3.29. The zero-order chi connectivity index (χ0) is 19.2. The molecule has 0 saturated heterocycles. The SMILES string of the molecule is C=C/C=C/OC.C=CC(C)n1cc(C#N)c2ccc(OC)cc21.CC. The Hall–Kier alpha value is -2.93. The molecule has 0 saturated carbocycles. The summed E-state index contributed by atoms with van der Waals surface area (Å²) in [5.74, 6) is 0.789. The van der Waals surface area contributed by atoms with Gasteiger partial charge in [0.25, 0.3) is 0 Å². The van der Waals surface area contributed by atoms with Crippen LogP contribution >= 0.6 is 0 Å². The summed E-state index contributed by atoms with van der Waals surface area (Å²) < 4.78 is 11.8. The van der Waals surface area contributed by atoms with Crippen molar-refractivity contribution in [1.82, 2.24) is 4.57 Å². The van der Waals surface area contributed by atoms with Crippen molar-refractivity contribution < 1.29 is 9.47 Å². The summed E-state index contributed by atoms with van der Waals surface area (Å²) in [6.07, 6.45) is 8.65.